The number of aromatic nitrogens is 3. The third-order valence-corrected chi connectivity index (χ3v) is 5.29. The Bertz CT molecular complexity index is 640. The number of likely N-dealkylation sites (tertiary alicyclic amines) is 1. The molecule has 112 valence electrons. The number of hydrogen-bond acceptors (Lipinski definition) is 4. The largest absolute Gasteiger partial charge is 0.390 e. The molecule has 2 atom stereocenters. The number of piperidine rings is 1. The van der Waals surface area contributed by atoms with Crippen LogP contribution >= 0.6 is 0 Å². The van der Waals surface area contributed by atoms with Crippen molar-refractivity contribution in [3.05, 3.63) is 30.5 Å². The van der Waals surface area contributed by atoms with Crippen molar-refractivity contribution in [2.45, 2.75) is 44.2 Å². The van der Waals surface area contributed by atoms with E-state index < -0.39 is 5.60 Å². The third-order valence-electron chi connectivity index (χ3n) is 5.29. The molecule has 5 nitrogen and oxygen atoms in total. The van der Waals surface area contributed by atoms with Gasteiger partial charge in [-0.15, -0.1) is 0 Å². The van der Waals surface area contributed by atoms with E-state index in [0.717, 1.165) is 38.1 Å². The second kappa shape index (κ2) is 5.07. The Morgan fingerprint density at radius 3 is 3.19 bits per heavy atom. The highest BCUT2D eigenvalue weighted by Crippen LogP contribution is 2.40. The van der Waals surface area contributed by atoms with Crippen LogP contribution in [0.3, 0.4) is 0 Å². The van der Waals surface area contributed by atoms with Gasteiger partial charge in [0.2, 0.25) is 0 Å². The fourth-order valence-electron chi connectivity index (χ4n) is 4.02. The van der Waals surface area contributed by atoms with Crippen molar-refractivity contribution in [1.29, 1.82) is 0 Å². The van der Waals surface area contributed by atoms with E-state index in [0.29, 0.717) is 5.92 Å². The molecule has 1 saturated heterocycles. The van der Waals surface area contributed by atoms with Gasteiger partial charge in [-0.1, -0.05) is 12.8 Å². The van der Waals surface area contributed by atoms with Crippen LogP contribution in [0.4, 0.5) is 0 Å². The highest BCUT2D eigenvalue weighted by Gasteiger charge is 2.42. The van der Waals surface area contributed by atoms with E-state index in [2.05, 4.69) is 19.3 Å². The Hall–Kier alpha value is -1.46. The topological polar surface area (TPSA) is 53.7 Å². The normalized spacial score (nSPS) is 30.4. The summed E-state index contributed by atoms with van der Waals surface area (Å²) in [6, 6.07) is 0. The molecule has 2 aromatic heterocycles. The Labute approximate surface area is 124 Å². The molecule has 2 fully saturated rings. The zero-order valence-corrected chi connectivity index (χ0v) is 12.3. The Morgan fingerprint density at radius 2 is 2.24 bits per heavy atom. The lowest BCUT2D eigenvalue weighted by molar-refractivity contribution is -0.0969. The summed E-state index contributed by atoms with van der Waals surface area (Å²) in [6.45, 7) is 2.89. The van der Waals surface area contributed by atoms with Crippen LogP contribution in [0.2, 0.25) is 0 Å². The Balaban J connectivity index is 1.51. The minimum Gasteiger partial charge on any atom is -0.390 e. The summed E-state index contributed by atoms with van der Waals surface area (Å²) in [5.41, 5.74) is 1.71. The maximum absolute atomic E-state index is 10.8. The predicted molar refractivity (Wildman–Crippen MR) is 79.8 cm³/mol. The zero-order chi connectivity index (χ0) is 14.3. The van der Waals surface area contributed by atoms with Gasteiger partial charge in [-0.2, -0.15) is 0 Å². The molecular weight excluding hydrogens is 264 g/mol. The zero-order valence-electron chi connectivity index (χ0n) is 12.3. The van der Waals surface area contributed by atoms with Crippen LogP contribution in [-0.4, -0.2) is 43.1 Å². The average Bonchev–Trinajstić information content (AvgIpc) is 2.91. The highest BCUT2D eigenvalue weighted by atomic mass is 16.3. The van der Waals surface area contributed by atoms with E-state index in [1.54, 1.807) is 12.4 Å². The molecule has 5 heteroatoms. The van der Waals surface area contributed by atoms with Gasteiger partial charge < -0.3 is 5.11 Å². The highest BCUT2D eigenvalue weighted by molar-refractivity contribution is 5.36. The molecule has 0 spiro atoms. The Morgan fingerprint density at radius 1 is 1.29 bits per heavy atom. The van der Waals surface area contributed by atoms with Crippen molar-refractivity contribution in [2.75, 3.05) is 13.1 Å². The quantitative estimate of drug-likeness (QED) is 0.915. The molecule has 1 saturated carbocycles. The molecule has 2 aliphatic rings. The van der Waals surface area contributed by atoms with E-state index in [1.165, 1.54) is 25.0 Å². The fraction of sp³-hybridized carbons (Fsp3) is 0.625. The van der Waals surface area contributed by atoms with Crippen LogP contribution in [-0.2, 0) is 6.54 Å². The first-order valence-corrected chi connectivity index (χ1v) is 7.95. The van der Waals surface area contributed by atoms with Gasteiger partial charge in [-0.3, -0.25) is 14.3 Å². The van der Waals surface area contributed by atoms with E-state index in [9.17, 15) is 5.11 Å². The minimum absolute atomic E-state index is 0.391. The van der Waals surface area contributed by atoms with Crippen LogP contribution in [0.25, 0.3) is 5.65 Å². The van der Waals surface area contributed by atoms with Gasteiger partial charge in [0, 0.05) is 37.9 Å². The second-order valence-electron chi connectivity index (χ2n) is 6.59. The van der Waals surface area contributed by atoms with Gasteiger partial charge in [0.1, 0.15) is 0 Å². The smallest absolute Gasteiger partial charge is 0.155 e. The standard InChI is InChI=1S/C16H22N4O/c21-16-4-2-1-3-13(16)11-19(7-5-16)12-14-9-18-15-10-17-6-8-20(14)15/h6,8-10,13,21H,1-5,7,11-12H2. The van der Waals surface area contributed by atoms with Crippen molar-refractivity contribution < 1.29 is 5.11 Å². The SMILES string of the molecule is OC12CCCCC1CN(Cc1cnc3cnccn13)CC2. The van der Waals surface area contributed by atoms with E-state index in [1.807, 2.05) is 12.4 Å². The van der Waals surface area contributed by atoms with Gasteiger partial charge in [-0.05, 0) is 19.3 Å². The average molecular weight is 286 g/mol. The van der Waals surface area contributed by atoms with Crippen molar-refractivity contribution in [3.63, 3.8) is 0 Å². The lowest BCUT2D eigenvalue weighted by Crippen LogP contribution is -2.53. The minimum atomic E-state index is -0.391. The van der Waals surface area contributed by atoms with Crippen LogP contribution in [0, 0.1) is 5.92 Å². The monoisotopic (exact) mass is 286 g/mol. The molecule has 0 amide bonds. The van der Waals surface area contributed by atoms with E-state index >= 15 is 0 Å². The number of hydrogen-bond donors (Lipinski definition) is 1. The summed E-state index contributed by atoms with van der Waals surface area (Å²) in [7, 11) is 0. The number of aliphatic hydroxyl groups is 1. The summed E-state index contributed by atoms with van der Waals surface area (Å²) >= 11 is 0. The van der Waals surface area contributed by atoms with Gasteiger partial charge in [0.25, 0.3) is 0 Å². The lowest BCUT2D eigenvalue weighted by atomic mass is 9.71. The summed E-state index contributed by atoms with van der Waals surface area (Å²) in [5, 5.41) is 10.8. The van der Waals surface area contributed by atoms with Crippen molar-refractivity contribution in [2.24, 2.45) is 5.92 Å². The number of fused-ring (bicyclic) bond motifs is 2. The molecule has 21 heavy (non-hydrogen) atoms. The Kier molecular flexibility index (Phi) is 3.19. The van der Waals surface area contributed by atoms with Crippen molar-refractivity contribution >= 4 is 5.65 Å². The van der Waals surface area contributed by atoms with Crippen molar-refractivity contribution in [3.8, 4) is 0 Å². The maximum atomic E-state index is 10.8. The summed E-state index contributed by atoms with van der Waals surface area (Å²) in [4.78, 5) is 11.0. The van der Waals surface area contributed by atoms with Gasteiger partial charge in [-0.25, -0.2) is 4.98 Å². The number of rotatable bonds is 2. The summed E-state index contributed by atoms with van der Waals surface area (Å²) in [6.07, 6.45) is 13.0. The van der Waals surface area contributed by atoms with Gasteiger partial charge >= 0.3 is 0 Å². The number of imidazole rings is 1. The molecule has 2 unspecified atom stereocenters. The molecule has 0 radical (unpaired) electrons. The number of nitrogens with zero attached hydrogens (tertiary/aromatic N) is 4. The summed E-state index contributed by atoms with van der Waals surface area (Å²) < 4.78 is 2.11. The molecule has 3 heterocycles. The molecule has 0 bridgehead atoms. The first kappa shape index (κ1) is 13.2. The summed E-state index contributed by atoms with van der Waals surface area (Å²) in [5.74, 6) is 0.445. The van der Waals surface area contributed by atoms with Gasteiger partial charge in [0.05, 0.1) is 23.7 Å². The molecule has 4 rings (SSSR count). The van der Waals surface area contributed by atoms with E-state index in [4.69, 9.17) is 0 Å². The molecule has 2 aromatic rings. The maximum Gasteiger partial charge on any atom is 0.155 e. The van der Waals surface area contributed by atoms with Crippen LogP contribution in [0.15, 0.2) is 24.8 Å². The first-order chi connectivity index (χ1) is 10.2. The van der Waals surface area contributed by atoms with Crippen LogP contribution in [0.1, 0.15) is 37.8 Å². The second-order valence-corrected chi connectivity index (χ2v) is 6.59. The molecule has 1 N–H and O–H groups in total. The predicted octanol–water partition coefficient (Wildman–Crippen LogP) is 1.86. The fourth-order valence-corrected chi connectivity index (χ4v) is 4.02. The third kappa shape index (κ3) is 2.34. The first-order valence-electron chi connectivity index (χ1n) is 7.95. The lowest BCUT2D eigenvalue weighted by Gasteiger charge is -2.47. The molecule has 1 aliphatic carbocycles. The van der Waals surface area contributed by atoms with Crippen molar-refractivity contribution in [1.82, 2.24) is 19.3 Å². The van der Waals surface area contributed by atoms with E-state index in [-0.39, 0.29) is 0 Å². The molecule has 0 aromatic carbocycles. The van der Waals surface area contributed by atoms with Crippen LogP contribution < -0.4 is 0 Å². The molecule has 1 aliphatic heterocycles. The molecular formula is C16H22N4O. The van der Waals surface area contributed by atoms with Gasteiger partial charge in [0.15, 0.2) is 5.65 Å². The van der Waals surface area contributed by atoms with Crippen LogP contribution in [0.5, 0.6) is 0 Å².